The van der Waals surface area contributed by atoms with Crippen molar-refractivity contribution in [1.82, 2.24) is 5.32 Å². The Morgan fingerprint density at radius 1 is 1.06 bits per heavy atom. The summed E-state index contributed by atoms with van der Waals surface area (Å²) in [7, 11) is 0. The summed E-state index contributed by atoms with van der Waals surface area (Å²) in [6.45, 7) is 0. The number of hydrogen-bond donors (Lipinski definition) is 1. The molecule has 0 spiro atoms. The number of hydrogen-bond acceptors (Lipinski definition) is 2. The van der Waals surface area contributed by atoms with Crippen LogP contribution in [0.4, 0.5) is 0 Å². The van der Waals surface area contributed by atoms with Gasteiger partial charge in [0.25, 0.3) is 0 Å². The number of carbonyl (C=O) groups is 2. The number of imide groups is 1. The second-order valence-corrected chi connectivity index (χ2v) is 4.27. The molecule has 1 heterocycles. The summed E-state index contributed by atoms with van der Waals surface area (Å²) in [5, 5.41) is 2.33. The zero-order valence-electron chi connectivity index (χ0n) is 9.11. The first-order valence-electron chi connectivity index (χ1n) is 5.60. The van der Waals surface area contributed by atoms with Crippen molar-refractivity contribution in [3.8, 4) is 0 Å². The van der Waals surface area contributed by atoms with Crippen LogP contribution in [-0.2, 0) is 16.0 Å². The van der Waals surface area contributed by atoms with E-state index in [-0.39, 0.29) is 17.7 Å². The molecule has 0 unspecified atom stereocenters. The van der Waals surface area contributed by atoms with Gasteiger partial charge in [-0.1, -0.05) is 30.3 Å². The number of aryl methyl sites for hydroxylation is 1. The Labute approximate surface area is 94.9 Å². The van der Waals surface area contributed by atoms with Crippen molar-refractivity contribution >= 4 is 11.8 Å². The maximum absolute atomic E-state index is 11.2. The lowest BCUT2D eigenvalue weighted by molar-refractivity contribution is -0.134. The van der Waals surface area contributed by atoms with Crippen molar-refractivity contribution in [1.29, 1.82) is 0 Å². The Morgan fingerprint density at radius 3 is 2.31 bits per heavy atom. The van der Waals surface area contributed by atoms with Gasteiger partial charge in [0.2, 0.25) is 11.8 Å². The Kier molecular flexibility index (Phi) is 3.34. The topological polar surface area (TPSA) is 46.2 Å². The monoisotopic (exact) mass is 217 g/mol. The average Bonchev–Trinajstić information content (AvgIpc) is 2.27. The summed E-state index contributed by atoms with van der Waals surface area (Å²) < 4.78 is 0. The van der Waals surface area contributed by atoms with Crippen molar-refractivity contribution in [2.45, 2.75) is 25.7 Å². The van der Waals surface area contributed by atoms with Gasteiger partial charge in [-0.2, -0.15) is 0 Å². The second kappa shape index (κ2) is 4.92. The molecule has 3 nitrogen and oxygen atoms in total. The van der Waals surface area contributed by atoms with Crippen LogP contribution >= 0.6 is 0 Å². The lowest BCUT2D eigenvalue weighted by Gasteiger charge is -2.20. The predicted molar refractivity (Wildman–Crippen MR) is 60.6 cm³/mol. The fourth-order valence-corrected chi connectivity index (χ4v) is 2.07. The Morgan fingerprint density at radius 2 is 1.69 bits per heavy atom. The summed E-state index contributed by atoms with van der Waals surface area (Å²) in [5.41, 5.74) is 1.26. The van der Waals surface area contributed by atoms with Crippen LogP contribution in [0.25, 0.3) is 0 Å². The maximum atomic E-state index is 11.2. The molecule has 1 fully saturated rings. The van der Waals surface area contributed by atoms with Gasteiger partial charge in [-0.05, 0) is 24.3 Å². The van der Waals surface area contributed by atoms with E-state index in [4.69, 9.17) is 0 Å². The maximum Gasteiger partial charge on any atom is 0.226 e. The van der Waals surface area contributed by atoms with Crippen LogP contribution in [0.15, 0.2) is 30.3 Å². The molecular weight excluding hydrogens is 202 g/mol. The number of piperidine rings is 1. The van der Waals surface area contributed by atoms with Gasteiger partial charge in [0.05, 0.1) is 0 Å². The first-order chi connectivity index (χ1) is 7.74. The lowest BCUT2D eigenvalue weighted by atomic mass is 9.90. The normalized spacial score (nSPS) is 17.2. The minimum absolute atomic E-state index is 0.130. The molecule has 0 atom stereocenters. The molecule has 0 bridgehead atoms. The van der Waals surface area contributed by atoms with Crippen molar-refractivity contribution in [2.24, 2.45) is 5.92 Å². The van der Waals surface area contributed by atoms with Gasteiger partial charge in [0.1, 0.15) is 0 Å². The van der Waals surface area contributed by atoms with Crippen molar-refractivity contribution in [3.05, 3.63) is 35.9 Å². The molecule has 16 heavy (non-hydrogen) atoms. The number of rotatable bonds is 3. The highest BCUT2D eigenvalue weighted by Crippen LogP contribution is 2.19. The van der Waals surface area contributed by atoms with E-state index in [0.29, 0.717) is 12.8 Å². The van der Waals surface area contributed by atoms with Crippen molar-refractivity contribution in [3.63, 3.8) is 0 Å². The quantitative estimate of drug-likeness (QED) is 0.783. The van der Waals surface area contributed by atoms with Crippen LogP contribution in [0, 0.1) is 5.92 Å². The molecule has 1 saturated heterocycles. The van der Waals surface area contributed by atoms with Gasteiger partial charge < -0.3 is 0 Å². The molecule has 0 saturated carbocycles. The number of benzene rings is 1. The third kappa shape index (κ3) is 2.92. The third-order valence-corrected chi connectivity index (χ3v) is 2.91. The molecule has 3 heteroatoms. The first kappa shape index (κ1) is 10.9. The fourth-order valence-electron chi connectivity index (χ4n) is 2.07. The summed E-state index contributed by atoms with van der Waals surface area (Å²) >= 11 is 0. The Hall–Kier alpha value is -1.64. The van der Waals surface area contributed by atoms with E-state index in [9.17, 15) is 9.59 Å². The Balaban J connectivity index is 1.86. The SMILES string of the molecule is O=C1CC(CCc2ccccc2)CC(=O)N1. The molecule has 1 aromatic carbocycles. The molecule has 0 aromatic heterocycles. The van der Waals surface area contributed by atoms with Gasteiger partial charge in [0, 0.05) is 12.8 Å². The van der Waals surface area contributed by atoms with Gasteiger partial charge in [0.15, 0.2) is 0 Å². The van der Waals surface area contributed by atoms with Crippen LogP contribution in [0.5, 0.6) is 0 Å². The van der Waals surface area contributed by atoms with Gasteiger partial charge in [-0.15, -0.1) is 0 Å². The second-order valence-electron chi connectivity index (χ2n) is 4.27. The van der Waals surface area contributed by atoms with Crippen LogP contribution in [0.1, 0.15) is 24.8 Å². The largest absolute Gasteiger partial charge is 0.296 e. The predicted octanol–water partition coefficient (Wildman–Crippen LogP) is 1.67. The van der Waals surface area contributed by atoms with E-state index in [2.05, 4.69) is 17.4 Å². The van der Waals surface area contributed by atoms with E-state index in [1.165, 1.54) is 5.56 Å². The molecule has 1 aliphatic rings. The van der Waals surface area contributed by atoms with Crippen molar-refractivity contribution < 1.29 is 9.59 Å². The molecule has 2 rings (SSSR count). The minimum atomic E-state index is -0.130. The van der Waals surface area contributed by atoms with Crippen LogP contribution < -0.4 is 5.32 Å². The number of amides is 2. The summed E-state index contributed by atoms with van der Waals surface area (Å²) in [4.78, 5) is 22.3. The van der Waals surface area contributed by atoms with E-state index >= 15 is 0 Å². The van der Waals surface area contributed by atoms with E-state index in [1.54, 1.807) is 0 Å². The smallest absolute Gasteiger partial charge is 0.226 e. The molecule has 84 valence electrons. The van der Waals surface area contributed by atoms with Crippen LogP contribution in [0.3, 0.4) is 0 Å². The number of carbonyl (C=O) groups excluding carboxylic acids is 2. The highest BCUT2D eigenvalue weighted by molar-refractivity contribution is 5.97. The van der Waals surface area contributed by atoms with Crippen LogP contribution in [0.2, 0.25) is 0 Å². The van der Waals surface area contributed by atoms with Gasteiger partial charge in [-0.25, -0.2) is 0 Å². The highest BCUT2D eigenvalue weighted by Gasteiger charge is 2.24. The van der Waals surface area contributed by atoms with Crippen molar-refractivity contribution in [2.75, 3.05) is 0 Å². The first-order valence-corrected chi connectivity index (χ1v) is 5.60. The standard InChI is InChI=1S/C13H15NO2/c15-12-8-11(9-13(16)14-12)7-6-10-4-2-1-3-5-10/h1-5,11H,6-9H2,(H,14,15,16). The summed E-state index contributed by atoms with van der Waals surface area (Å²) in [6.07, 6.45) is 2.81. The zero-order chi connectivity index (χ0) is 11.4. The van der Waals surface area contributed by atoms with Crippen LogP contribution in [-0.4, -0.2) is 11.8 Å². The number of nitrogens with one attached hydrogen (secondary N) is 1. The molecular formula is C13H15NO2. The summed E-state index contributed by atoms with van der Waals surface area (Å²) in [6, 6.07) is 10.2. The minimum Gasteiger partial charge on any atom is -0.296 e. The summed E-state index contributed by atoms with van der Waals surface area (Å²) in [5.74, 6) is -0.0509. The molecule has 1 aromatic rings. The lowest BCUT2D eigenvalue weighted by Crippen LogP contribution is -2.38. The fraction of sp³-hybridized carbons (Fsp3) is 0.385. The average molecular weight is 217 g/mol. The molecule has 1 aliphatic heterocycles. The molecule has 2 amide bonds. The highest BCUT2D eigenvalue weighted by atomic mass is 16.2. The van der Waals surface area contributed by atoms with Gasteiger partial charge in [-0.3, -0.25) is 14.9 Å². The van der Waals surface area contributed by atoms with E-state index in [1.807, 2.05) is 18.2 Å². The van der Waals surface area contributed by atoms with Gasteiger partial charge >= 0.3 is 0 Å². The Bertz CT molecular complexity index is 370. The van der Waals surface area contributed by atoms with E-state index < -0.39 is 0 Å². The molecule has 0 radical (unpaired) electrons. The van der Waals surface area contributed by atoms with E-state index in [0.717, 1.165) is 12.8 Å². The molecule has 0 aliphatic carbocycles. The zero-order valence-corrected chi connectivity index (χ0v) is 9.11. The molecule has 1 N–H and O–H groups in total. The third-order valence-electron chi connectivity index (χ3n) is 2.91.